The van der Waals surface area contributed by atoms with Gasteiger partial charge in [-0.3, -0.25) is 9.89 Å². The van der Waals surface area contributed by atoms with Gasteiger partial charge in [-0.25, -0.2) is 18.4 Å². The van der Waals surface area contributed by atoms with E-state index in [-0.39, 0.29) is 29.9 Å². The lowest BCUT2D eigenvalue weighted by molar-refractivity contribution is 0.0690. The van der Waals surface area contributed by atoms with E-state index >= 15 is 0 Å². The van der Waals surface area contributed by atoms with Crippen LogP contribution in [0.15, 0.2) is 0 Å². The van der Waals surface area contributed by atoms with Gasteiger partial charge in [0, 0.05) is 25.6 Å². The van der Waals surface area contributed by atoms with Crippen molar-refractivity contribution in [2.45, 2.75) is 44.2 Å². The normalized spacial score (nSPS) is 21.0. The molecule has 1 amide bonds. The van der Waals surface area contributed by atoms with Crippen molar-refractivity contribution < 1.29 is 13.6 Å². The number of hydrogen-bond acceptors (Lipinski definition) is 7. The molecule has 1 unspecified atom stereocenters. The van der Waals surface area contributed by atoms with Gasteiger partial charge in [0.25, 0.3) is 12.3 Å². The van der Waals surface area contributed by atoms with Crippen molar-refractivity contribution in [2.75, 3.05) is 26.2 Å². The van der Waals surface area contributed by atoms with E-state index in [1.807, 2.05) is 0 Å². The van der Waals surface area contributed by atoms with E-state index in [0.29, 0.717) is 50.5 Å². The molecule has 2 aliphatic heterocycles. The standard InChI is InChI=1S/C16H23F2N9O/c17-14(18)13-12(23-25-27(13)10-1-4-20-8-10)16(28)26-5-2-9(3-6-26)15-21-11(7-19)22-24-15/h9-10,14,20H,1-8,19H2,(H,21,22,24). The van der Waals surface area contributed by atoms with Crippen LogP contribution in [0.3, 0.4) is 0 Å². The molecule has 0 saturated carbocycles. The molecule has 2 aromatic rings. The predicted molar refractivity (Wildman–Crippen MR) is 93.7 cm³/mol. The number of nitrogens with one attached hydrogen (secondary N) is 2. The number of halogens is 2. The number of amides is 1. The number of aromatic nitrogens is 6. The molecule has 2 saturated heterocycles. The number of nitrogens with zero attached hydrogens (tertiary/aromatic N) is 6. The first-order valence-corrected chi connectivity index (χ1v) is 9.43. The number of carbonyl (C=O) groups excluding carboxylic acids is 1. The van der Waals surface area contributed by atoms with Crippen LogP contribution < -0.4 is 11.1 Å². The molecule has 1 atom stereocenters. The van der Waals surface area contributed by atoms with Crippen molar-refractivity contribution >= 4 is 5.91 Å². The second-order valence-corrected chi connectivity index (χ2v) is 7.13. The minimum atomic E-state index is -2.81. The quantitative estimate of drug-likeness (QED) is 0.666. The van der Waals surface area contributed by atoms with E-state index < -0.39 is 12.3 Å². The summed E-state index contributed by atoms with van der Waals surface area (Å²) in [5.41, 5.74) is 4.90. The maximum Gasteiger partial charge on any atom is 0.282 e. The van der Waals surface area contributed by atoms with Crippen LogP contribution in [0, 0.1) is 0 Å². The minimum Gasteiger partial charge on any atom is -0.337 e. The van der Waals surface area contributed by atoms with Crippen LogP contribution in [0.2, 0.25) is 0 Å². The van der Waals surface area contributed by atoms with Gasteiger partial charge >= 0.3 is 0 Å². The van der Waals surface area contributed by atoms with Gasteiger partial charge < -0.3 is 16.0 Å². The molecule has 2 aliphatic rings. The van der Waals surface area contributed by atoms with Crippen molar-refractivity contribution in [1.82, 2.24) is 40.4 Å². The van der Waals surface area contributed by atoms with E-state index in [4.69, 9.17) is 5.73 Å². The van der Waals surface area contributed by atoms with Crippen LogP contribution in [0.1, 0.15) is 65.5 Å². The first-order valence-electron chi connectivity index (χ1n) is 9.43. The molecule has 0 radical (unpaired) electrons. The molecule has 12 heteroatoms. The summed E-state index contributed by atoms with van der Waals surface area (Å²) in [7, 11) is 0. The van der Waals surface area contributed by atoms with Crippen LogP contribution in [0.4, 0.5) is 8.78 Å². The molecule has 0 bridgehead atoms. The fourth-order valence-corrected chi connectivity index (χ4v) is 3.85. The second kappa shape index (κ2) is 7.87. The maximum absolute atomic E-state index is 13.7. The molecule has 28 heavy (non-hydrogen) atoms. The van der Waals surface area contributed by atoms with E-state index in [2.05, 4.69) is 30.8 Å². The Morgan fingerprint density at radius 3 is 2.68 bits per heavy atom. The monoisotopic (exact) mass is 395 g/mol. The van der Waals surface area contributed by atoms with E-state index in [9.17, 15) is 13.6 Å². The van der Waals surface area contributed by atoms with Crippen molar-refractivity contribution in [3.8, 4) is 0 Å². The number of H-pyrrole nitrogens is 1. The molecule has 152 valence electrons. The van der Waals surface area contributed by atoms with Crippen LogP contribution >= 0.6 is 0 Å². The summed E-state index contributed by atoms with van der Waals surface area (Å²) < 4.78 is 28.6. The van der Waals surface area contributed by atoms with E-state index in [1.54, 1.807) is 4.90 Å². The zero-order valence-corrected chi connectivity index (χ0v) is 15.3. The molecule has 0 aliphatic carbocycles. The second-order valence-electron chi connectivity index (χ2n) is 7.13. The topological polar surface area (TPSA) is 131 Å². The van der Waals surface area contributed by atoms with Gasteiger partial charge in [-0.1, -0.05) is 5.21 Å². The lowest BCUT2D eigenvalue weighted by Gasteiger charge is -2.30. The maximum atomic E-state index is 13.7. The molecule has 4 rings (SSSR count). The highest BCUT2D eigenvalue weighted by Crippen LogP contribution is 2.30. The highest BCUT2D eigenvalue weighted by molar-refractivity contribution is 5.93. The largest absolute Gasteiger partial charge is 0.337 e. The van der Waals surface area contributed by atoms with Crippen LogP contribution in [-0.2, 0) is 6.54 Å². The lowest BCUT2D eigenvalue weighted by Crippen LogP contribution is -2.38. The first-order chi connectivity index (χ1) is 13.6. The summed E-state index contributed by atoms with van der Waals surface area (Å²) in [5, 5.41) is 17.8. The number of alkyl halides is 2. The Morgan fingerprint density at radius 2 is 2.07 bits per heavy atom. The van der Waals surface area contributed by atoms with Crippen molar-refractivity contribution in [3.63, 3.8) is 0 Å². The smallest absolute Gasteiger partial charge is 0.282 e. The zero-order chi connectivity index (χ0) is 19.7. The van der Waals surface area contributed by atoms with Crippen molar-refractivity contribution in [1.29, 1.82) is 0 Å². The van der Waals surface area contributed by atoms with E-state index in [0.717, 1.165) is 6.54 Å². The Kier molecular flexibility index (Phi) is 5.31. The molecule has 10 nitrogen and oxygen atoms in total. The average molecular weight is 395 g/mol. The third-order valence-corrected chi connectivity index (χ3v) is 5.41. The van der Waals surface area contributed by atoms with Gasteiger partial charge in [-0.05, 0) is 25.8 Å². The molecular weight excluding hydrogens is 372 g/mol. The highest BCUT2D eigenvalue weighted by atomic mass is 19.3. The third-order valence-electron chi connectivity index (χ3n) is 5.41. The Morgan fingerprint density at radius 1 is 1.29 bits per heavy atom. The lowest BCUT2D eigenvalue weighted by atomic mass is 9.96. The van der Waals surface area contributed by atoms with Gasteiger partial charge in [0.1, 0.15) is 11.5 Å². The Balaban J connectivity index is 1.46. The number of aromatic amines is 1. The summed E-state index contributed by atoms with van der Waals surface area (Å²) in [6.07, 6.45) is -0.824. The molecular formula is C16H23F2N9O. The van der Waals surface area contributed by atoms with Crippen LogP contribution in [0.25, 0.3) is 0 Å². The molecule has 2 fully saturated rings. The van der Waals surface area contributed by atoms with Crippen LogP contribution in [0.5, 0.6) is 0 Å². The SMILES string of the molecule is NCc1nc(C2CCN(C(=O)c3nnn(C4CCNC4)c3C(F)F)CC2)n[nH]1. The Hall–Kier alpha value is -2.47. The van der Waals surface area contributed by atoms with Gasteiger partial charge in [0.05, 0.1) is 12.6 Å². The number of likely N-dealkylation sites (tertiary alicyclic amines) is 1. The zero-order valence-electron chi connectivity index (χ0n) is 15.3. The molecule has 0 spiro atoms. The molecule has 0 aromatic carbocycles. The summed E-state index contributed by atoms with van der Waals surface area (Å²) >= 11 is 0. The van der Waals surface area contributed by atoms with Gasteiger partial charge in [0.2, 0.25) is 0 Å². The van der Waals surface area contributed by atoms with Gasteiger partial charge in [-0.2, -0.15) is 5.10 Å². The number of piperidine rings is 1. The van der Waals surface area contributed by atoms with E-state index in [1.165, 1.54) is 4.68 Å². The average Bonchev–Trinajstić information content (AvgIpc) is 3.47. The molecule has 2 aromatic heterocycles. The predicted octanol–water partition coefficient (Wildman–Crippen LogP) is 0.347. The summed E-state index contributed by atoms with van der Waals surface area (Å²) in [5.74, 6) is 0.910. The fraction of sp³-hybridized carbons (Fsp3) is 0.688. The number of rotatable bonds is 5. The molecule has 4 heterocycles. The number of hydrogen-bond donors (Lipinski definition) is 3. The highest BCUT2D eigenvalue weighted by Gasteiger charge is 2.34. The Labute approximate surface area is 159 Å². The first kappa shape index (κ1) is 18.9. The summed E-state index contributed by atoms with van der Waals surface area (Å²) in [6.45, 7) is 2.42. The van der Waals surface area contributed by atoms with Crippen molar-refractivity contribution in [3.05, 3.63) is 23.0 Å². The number of carbonyl (C=O) groups is 1. The van der Waals surface area contributed by atoms with Gasteiger partial charge in [0.15, 0.2) is 11.5 Å². The summed E-state index contributed by atoms with van der Waals surface area (Å²) in [4.78, 5) is 18.7. The minimum absolute atomic E-state index is 0.107. The fourth-order valence-electron chi connectivity index (χ4n) is 3.85. The Bertz CT molecular complexity index is 822. The number of nitrogens with two attached hydrogens (primary N) is 1. The van der Waals surface area contributed by atoms with Gasteiger partial charge in [-0.15, -0.1) is 5.10 Å². The third kappa shape index (κ3) is 3.49. The summed E-state index contributed by atoms with van der Waals surface area (Å²) in [6, 6.07) is -0.203. The molecule has 4 N–H and O–H groups in total. The van der Waals surface area contributed by atoms with Crippen molar-refractivity contribution in [2.24, 2.45) is 5.73 Å². The van der Waals surface area contributed by atoms with Crippen LogP contribution in [-0.4, -0.2) is 67.2 Å².